The first-order valence-corrected chi connectivity index (χ1v) is 35.5. The number of H-pyrrole nitrogens is 1. The van der Waals surface area contributed by atoms with E-state index in [4.69, 9.17) is 9.47 Å². The highest BCUT2D eigenvalue weighted by Crippen LogP contribution is 2.23. The van der Waals surface area contributed by atoms with Crippen LogP contribution in [0.1, 0.15) is 98.3 Å². The van der Waals surface area contributed by atoms with E-state index in [-0.39, 0.29) is 140 Å². The van der Waals surface area contributed by atoms with Gasteiger partial charge in [-0.3, -0.25) is 81.9 Å². The third-order valence-electron chi connectivity index (χ3n) is 16.1. The number of ether oxygens (including phenoxy) is 2. The number of aryl methyl sites for hydroxylation is 4. The Kier molecular flexibility index (Phi) is 34.3. The van der Waals surface area contributed by atoms with Crippen LogP contribution in [0, 0.1) is 20.8 Å². The molecule has 105 heavy (non-hydrogen) atoms. The SMILES string of the molecule is Cc1cc(C)c(S(=O)(=O)N[C@@H](CNC(=O)c2cn(CCCNC(=O)CCC(=O)NCCCOCCCNC(=O)[C@@H](CC(=O)O)NC(=O)[C@@H](CC(=O)OC(C)(C)C)NC(=O)CN3CCN(CC(=O)O)CCN(CC(=O)O)CCN(CC(=O)O)CC3)c3cc(CNc4ncc[nH]4)ccc3c2=O)C(=O)O)c(C)c1. The van der Waals surface area contributed by atoms with Crippen LogP contribution in [-0.4, -0.2) is 281 Å². The normalized spacial score (nSPS) is 14.6. The molecular formula is C67H97N15O22S. The number of hydrogen-bond donors (Lipinski definition) is 14. The molecule has 1 saturated heterocycles. The van der Waals surface area contributed by atoms with Gasteiger partial charge >= 0.3 is 35.8 Å². The standard InChI is InChI=1S/C67H97N15O22S/c1-42-30-43(2)61(44(3)31-42)105(101,102)77-50(65(99)100)36-73-62(96)47-37-82(51-32-45(10-11-46(51)60(47)95)35-74-66-71-17-18-72-66)19-7-14-68-52(83)12-13-53(84)69-15-8-28-103-29-9-16-70-63(97)48(33-55(86)87)76-64(98)49(34-59(94)104-67(4,5)6)75-54(85)38-78-20-22-79(39-56(88)89)24-26-81(41-58(92)93)27-25-80(23-21-78)40-57(90)91/h10-11,17-18,30-32,37,48-50,77H,7-9,12-16,19-29,33-36,38-41H2,1-6H3,(H,68,83)(H,69,84)(H,70,97)(H,73,96)(H,75,85)(H,76,98)(H,86,87)(H,88,89)(H,90,91)(H,92,93)(H,99,100)(H2,71,72,74)/t48-,49-,50+/m1/s1. The van der Waals surface area contributed by atoms with Crippen molar-refractivity contribution >= 4 is 98.1 Å². The maximum absolute atomic E-state index is 13.9. The highest BCUT2D eigenvalue weighted by atomic mass is 32.2. The fourth-order valence-electron chi connectivity index (χ4n) is 11.3. The summed E-state index contributed by atoms with van der Waals surface area (Å²) in [5, 5.41) is 66.9. The predicted octanol–water partition coefficient (Wildman–Crippen LogP) is -1.61. The summed E-state index contributed by atoms with van der Waals surface area (Å²) in [5.41, 5.74) is 0.675. The molecule has 2 aromatic heterocycles. The number of imidazole rings is 1. The Morgan fingerprint density at radius 3 is 1.65 bits per heavy atom. The predicted molar refractivity (Wildman–Crippen MR) is 377 cm³/mol. The summed E-state index contributed by atoms with van der Waals surface area (Å²) in [6.07, 6.45) is 3.37. The second kappa shape index (κ2) is 42.1. The van der Waals surface area contributed by atoms with Gasteiger partial charge in [-0.1, -0.05) is 23.8 Å². The minimum absolute atomic E-state index is 0.0416. The third kappa shape index (κ3) is 31.1. The van der Waals surface area contributed by atoms with Gasteiger partial charge in [0.25, 0.3) is 5.91 Å². The molecule has 0 saturated carbocycles. The van der Waals surface area contributed by atoms with Crippen molar-refractivity contribution in [2.45, 2.75) is 128 Å². The summed E-state index contributed by atoms with van der Waals surface area (Å²) in [6.45, 7) is 8.88. The number of nitrogens with one attached hydrogen (secondary N) is 9. The van der Waals surface area contributed by atoms with E-state index in [1.54, 1.807) is 108 Å². The molecule has 4 aromatic rings. The molecule has 1 aliphatic rings. The average Bonchev–Trinajstić information content (AvgIpc) is 0.931. The highest BCUT2D eigenvalue weighted by molar-refractivity contribution is 7.89. The smallest absolute Gasteiger partial charge is 0.323 e. The zero-order valence-electron chi connectivity index (χ0n) is 59.7. The summed E-state index contributed by atoms with van der Waals surface area (Å²) in [7, 11) is -4.39. The first-order chi connectivity index (χ1) is 49.5. The zero-order valence-corrected chi connectivity index (χ0v) is 60.5. The van der Waals surface area contributed by atoms with E-state index in [2.05, 4.69) is 51.9 Å². The van der Waals surface area contributed by atoms with E-state index >= 15 is 0 Å². The van der Waals surface area contributed by atoms with Crippen LogP contribution >= 0.6 is 0 Å². The molecule has 3 heterocycles. The molecule has 37 nitrogen and oxygen atoms in total. The summed E-state index contributed by atoms with van der Waals surface area (Å²) >= 11 is 0. The number of aromatic amines is 1. The summed E-state index contributed by atoms with van der Waals surface area (Å²) in [5.74, 6) is -11.6. The number of aliphatic carboxylic acids is 5. The van der Waals surface area contributed by atoms with Gasteiger partial charge in [-0.15, -0.1) is 0 Å². The number of esters is 1. The Bertz CT molecular complexity index is 3830. The summed E-state index contributed by atoms with van der Waals surface area (Å²) < 4.78 is 41.8. The van der Waals surface area contributed by atoms with Crippen LogP contribution in [0.25, 0.3) is 10.9 Å². The van der Waals surface area contributed by atoms with Crippen LogP contribution in [0.15, 0.2) is 58.6 Å². The minimum Gasteiger partial charge on any atom is -0.481 e. The number of aromatic nitrogens is 3. The van der Waals surface area contributed by atoms with Gasteiger partial charge in [0.2, 0.25) is 45.0 Å². The van der Waals surface area contributed by atoms with E-state index in [0.717, 1.165) is 11.1 Å². The topological polar surface area (TPSA) is 518 Å². The van der Waals surface area contributed by atoms with Crippen molar-refractivity contribution in [1.82, 2.24) is 70.8 Å². The largest absolute Gasteiger partial charge is 0.481 e. The van der Waals surface area contributed by atoms with E-state index in [1.807, 2.05) is 0 Å². The molecule has 1 aliphatic heterocycles. The maximum atomic E-state index is 13.9. The molecule has 0 unspecified atom stereocenters. The molecule has 38 heteroatoms. The number of rotatable bonds is 41. The minimum atomic E-state index is -4.39. The van der Waals surface area contributed by atoms with Gasteiger partial charge in [-0.2, -0.15) is 4.72 Å². The number of pyridine rings is 1. The third-order valence-corrected chi connectivity index (χ3v) is 17.9. The fourth-order valence-corrected chi connectivity index (χ4v) is 12.9. The zero-order chi connectivity index (χ0) is 77.6. The van der Waals surface area contributed by atoms with Crippen molar-refractivity contribution in [3.05, 3.63) is 87.0 Å². The molecule has 0 spiro atoms. The van der Waals surface area contributed by atoms with Crippen molar-refractivity contribution in [2.24, 2.45) is 0 Å². The van der Waals surface area contributed by atoms with E-state index in [1.165, 1.54) is 6.20 Å². The van der Waals surface area contributed by atoms with Crippen molar-refractivity contribution in [3.8, 4) is 0 Å². The monoisotopic (exact) mass is 1500 g/mol. The fraction of sp³-hybridized carbons (Fsp3) is 0.552. The van der Waals surface area contributed by atoms with Crippen LogP contribution in [0.4, 0.5) is 5.95 Å². The Balaban J connectivity index is 1.08. The number of benzene rings is 2. The molecule has 578 valence electrons. The molecule has 3 atom stereocenters. The van der Waals surface area contributed by atoms with Crippen LogP contribution < -0.4 is 47.4 Å². The van der Waals surface area contributed by atoms with Crippen molar-refractivity contribution in [2.75, 3.05) is 123 Å². The number of hydrogen-bond acceptors (Lipinski definition) is 23. The molecule has 2 aromatic carbocycles. The lowest BCUT2D eigenvalue weighted by Gasteiger charge is -2.33. The number of carboxylic acid groups (broad SMARTS) is 5. The van der Waals surface area contributed by atoms with Crippen LogP contribution in [-0.2, 0) is 85.3 Å². The average molecular weight is 1500 g/mol. The van der Waals surface area contributed by atoms with Crippen LogP contribution in [0.5, 0.6) is 0 Å². The van der Waals surface area contributed by atoms with Crippen LogP contribution in [0.2, 0.25) is 0 Å². The second-order valence-electron chi connectivity index (χ2n) is 26.2. The second-order valence-corrected chi connectivity index (χ2v) is 27.8. The number of carboxylic acids is 5. The molecule has 5 rings (SSSR count). The highest BCUT2D eigenvalue weighted by Gasteiger charge is 2.34. The van der Waals surface area contributed by atoms with Crippen molar-refractivity contribution in [1.29, 1.82) is 0 Å². The number of carbonyl (C=O) groups excluding carboxylic acids is 7. The van der Waals surface area contributed by atoms with Gasteiger partial charge in [0.05, 0.1) is 49.4 Å². The van der Waals surface area contributed by atoms with E-state index in [9.17, 15) is 96.3 Å². The number of fused-ring (bicyclic) bond motifs is 1. The molecular weight excluding hydrogens is 1400 g/mol. The molecule has 0 bridgehead atoms. The molecule has 0 radical (unpaired) electrons. The Labute approximate surface area is 605 Å². The Morgan fingerprint density at radius 2 is 1.14 bits per heavy atom. The quantitative estimate of drug-likeness (QED) is 0.0176. The Hall–Kier alpha value is -9.99. The number of nitrogens with zero attached hydrogens (tertiary/aromatic N) is 6. The first-order valence-electron chi connectivity index (χ1n) is 34.0. The number of amides is 6. The lowest BCUT2D eigenvalue weighted by atomic mass is 10.1. The lowest BCUT2D eigenvalue weighted by molar-refractivity contribution is -0.157. The summed E-state index contributed by atoms with van der Waals surface area (Å²) in [4.78, 5) is 180. The lowest BCUT2D eigenvalue weighted by Crippen LogP contribution is -2.56. The van der Waals surface area contributed by atoms with Gasteiger partial charge < -0.3 is 81.8 Å². The number of anilines is 1. The van der Waals surface area contributed by atoms with Gasteiger partial charge in [-0.25, -0.2) is 13.4 Å². The van der Waals surface area contributed by atoms with E-state index in [0.29, 0.717) is 35.6 Å². The first kappa shape index (κ1) is 85.7. The van der Waals surface area contributed by atoms with E-state index < -0.39 is 149 Å². The maximum Gasteiger partial charge on any atom is 0.323 e. The van der Waals surface area contributed by atoms with Crippen LogP contribution in [0.3, 0.4) is 0 Å². The van der Waals surface area contributed by atoms with Gasteiger partial charge in [-0.05, 0) is 89.6 Å². The van der Waals surface area contributed by atoms with Gasteiger partial charge in [0.15, 0.2) is 5.95 Å². The van der Waals surface area contributed by atoms with Crippen molar-refractivity contribution in [3.63, 3.8) is 0 Å². The number of carbonyl (C=O) groups is 12. The number of sulfonamides is 1. The van der Waals surface area contributed by atoms with Gasteiger partial charge in [0, 0.05) is 142 Å². The van der Waals surface area contributed by atoms with Crippen molar-refractivity contribution < 1.29 is 101 Å². The van der Waals surface area contributed by atoms with Gasteiger partial charge in [0.1, 0.15) is 29.3 Å². The summed E-state index contributed by atoms with van der Waals surface area (Å²) in [6, 6.07) is 3.02. The molecule has 0 aliphatic carbocycles. The molecule has 14 N–H and O–H groups in total. The Morgan fingerprint density at radius 1 is 0.619 bits per heavy atom. The molecule has 6 amide bonds. The molecule has 1 fully saturated rings.